The minimum atomic E-state index is -1.27. The Balaban J connectivity index is 1.42. The summed E-state index contributed by atoms with van der Waals surface area (Å²) in [7, 11) is 0. The highest BCUT2D eigenvalue weighted by Crippen LogP contribution is 2.43. The van der Waals surface area contributed by atoms with Crippen molar-refractivity contribution in [1.82, 2.24) is 25.0 Å². The summed E-state index contributed by atoms with van der Waals surface area (Å²) < 4.78 is 28.1. The van der Waals surface area contributed by atoms with Crippen molar-refractivity contribution in [2.75, 3.05) is 5.32 Å². The highest BCUT2D eigenvalue weighted by molar-refractivity contribution is 5.82. The molecule has 0 radical (unpaired) electrons. The first kappa shape index (κ1) is 19.2. The van der Waals surface area contributed by atoms with Crippen LogP contribution in [0.4, 0.5) is 14.6 Å². The largest absolute Gasteiger partial charge is 0.390 e. The SMILES string of the molecule is Cc1nc(N[C@@H]2C[C@H]2c2ccc(F)c(F)c2)c2nnn([C@@H]3C[C@H](O)[C@@H](O)[C@H]3O)c2n1. The van der Waals surface area contributed by atoms with Crippen molar-refractivity contribution in [1.29, 1.82) is 0 Å². The minimum Gasteiger partial charge on any atom is -0.390 e. The van der Waals surface area contributed by atoms with Gasteiger partial charge in [0.1, 0.15) is 18.0 Å². The van der Waals surface area contributed by atoms with Gasteiger partial charge in [0, 0.05) is 18.4 Å². The summed E-state index contributed by atoms with van der Waals surface area (Å²) >= 11 is 0. The van der Waals surface area contributed by atoms with Gasteiger partial charge in [-0.3, -0.25) is 0 Å². The number of aliphatic hydroxyl groups is 3. The Morgan fingerprint density at radius 1 is 1.07 bits per heavy atom. The molecule has 2 fully saturated rings. The molecule has 0 unspecified atom stereocenters. The summed E-state index contributed by atoms with van der Waals surface area (Å²) in [6.45, 7) is 1.70. The van der Waals surface area contributed by atoms with E-state index < -0.39 is 36.0 Å². The fourth-order valence-electron chi connectivity index (χ4n) is 4.13. The van der Waals surface area contributed by atoms with E-state index in [1.54, 1.807) is 13.0 Å². The molecule has 9 nitrogen and oxygen atoms in total. The van der Waals surface area contributed by atoms with Crippen molar-refractivity contribution in [2.45, 2.75) is 56.1 Å². The van der Waals surface area contributed by atoms with Crippen LogP contribution >= 0.6 is 0 Å². The van der Waals surface area contributed by atoms with Crippen molar-refractivity contribution < 1.29 is 24.1 Å². The highest BCUT2D eigenvalue weighted by Gasteiger charge is 2.43. The average molecular weight is 418 g/mol. The number of halogens is 2. The van der Waals surface area contributed by atoms with Crippen molar-refractivity contribution in [3.05, 3.63) is 41.2 Å². The Morgan fingerprint density at radius 2 is 1.87 bits per heavy atom. The molecule has 30 heavy (non-hydrogen) atoms. The Hall–Kier alpha value is -2.76. The van der Waals surface area contributed by atoms with Gasteiger partial charge in [-0.05, 0) is 31.0 Å². The third-order valence-electron chi connectivity index (χ3n) is 5.86. The molecule has 0 amide bonds. The van der Waals surface area contributed by atoms with Crippen LogP contribution in [0.25, 0.3) is 11.2 Å². The number of anilines is 1. The van der Waals surface area contributed by atoms with Crippen molar-refractivity contribution in [2.24, 2.45) is 0 Å². The lowest BCUT2D eigenvalue weighted by Crippen LogP contribution is -2.31. The maximum absolute atomic E-state index is 13.5. The maximum atomic E-state index is 13.5. The van der Waals surface area contributed by atoms with E-state index in [1.807, 2.05) is 0 Å². The third kappa shape index (κ3) is 3.09. The fourth-order valence-corrected chi connectivity index (χ4v) is 4.13. The molecule has 2 aliphatic rings. The molecule has 0 bridgehead atoms. The predicted octanol–water partition coefficient (Wildman–Crippen LogP) is 0.803. The second-order valence-electron chi connectivity index (χ2n) is 7.94. The van der Waals surface area contributed by atoms with Crippen LogP contribution in [0.2, 0.25) is 0 Å². The molecule has 1 aromatic carbocycles. The van der Waals surface area contributed by atoms with Gasteiger partial charge in [0.2, 0.25) is 0 Å². The molecular formula is C19H20F2N6O3. The fraction of sp³-hybridized carbons (Fsp3) is 0.474. The van der Waals surface area contributed by atoms with E-state index in [1.165, 1.54) is 10.7 Å². The number of hydrogen-bond acceptors (Lipinski definition) is 8. The van der Waals surface area contributed by atoms with Crippen LogP contribution in [0.3, 0.4) is 0 Å². The summed E-state index contributed by atoms with van der Waals surface area (Å²) in [6.07, 6.45) is -2.68. The van der Waals surface area contributed by atoms with Gasteiger partial charge in [0.05, 0.1) is 12.1 Å². The van der Waals surface area contributed by atoms with E-state index in [2.05, 4.69) is 25.6 Å². The van der Waals surface area contributed by atoms with E-state index in [9.17, 15) is 24.1 Å². The predicted molar refractivity (Wildman–Crippen MR) is 101 cm³/mol. The molecule has 0 saturated heterocycles. The quantitative estimate of drug-likeness (QED) is 0.490. The molecule has 2 aromatic heterocycles. The molecule has 0 aliphatic heterocycles. The topological polar surface area (TPSA) is 129 Å². The zero-order chi connectivity index (χ0) is 21.2. The zero-order valence-corrected chi connectivity index (χ0v) is 15.9. The molecule has 4 N–H and O–H groups in total. The van der Waals surface area contributed by atoms with Gasteiger partial charge >= 0.3 is 0 Å². The number of hydrogen-bond donors (Lipinski definition) is 4. The molecule has 11 heteroatoms. The van der Waals surface area contributed by atoms with Crippen molar-refractivity contribution >= 4 is 17.0 Å². The molecule has 158 valence electrons. The molecule has 2 saturated carbocycles. The van der Waals surface area contributed by atoms with Crippen molar-refractivity contribution in [3.63, 3.8) is 0 Å². The molecule has 5 rings (SSSR count). The summed E-state index contributed by atoms with van der Waals surface area (Å²) in [6, 6.07) is 3.20. The summed E-state index contributed by atoms with van der Waals surface area (Å²) in [5, 5.41) is 41.4. The third-order valence-corrected chi connectivity index (χ3v) is 5.86. The lowest BCUT2D eigenvalue weighted by Gasteiger charge is -2.16. The second kappa shape index (κ2) is 6.89. The highest BCUT2D eigenvalue weighted by atomic mass is 19.2. The number of aromatic nitrogens is 5. The van der Waals surface area contributed by atoms with Crippen LogP contribution < -0.4 is 5.32 Å². The number of nitrogens with zero attached hydrogens (tertiary/aromatic N) is 5. The van der Waals surface area contributed by atoms with E-state index in [0.29, 0.717) is 28.4 Å². The molecular weight excluding hydrogens is 398 g/mol. The van der Waals surface area contributed by atoms with E-state index in [4.69, 9.17) is 0 Å². The number of aliphatic hydroxyl groups excluding tert-OH is 3. The molecule has 0 spiro atoms. The monoisotopic (exact) mass is 418 g/mol. The molecule has 2 heterocycles. The second-order valence-corrected chi connectivity index (χ2v) is 7.94. The Labute approximate surface area is 169 Å². The standard InChI is InChI=1S/C19H20F2N6O3/c1-7-22-18(24-12-5-9(12)8-2-3-10(20)11(21)4-8)15-19(23-7)27(26-25-15)13-6-14(28)17(30)16(13)29/h2-4,9,12-14,16-17,28-30H,5-6H2,1H3,(H,22,23,24)/t9-,12+,13+,14-,16-,17+/m0/s1. The van der Waals surface area contributed by atoms with Gasteiger partial charge in [-0.25, -0.2) is 23.4 Å². The van der Waals surface area contributed by atoms with Gasteiger partial charge in [0.15, 0.2) is 28.6 Å². The number of nitrogens with one attached hydrogen (secondary N) is 1. The van der Waals surface area contributed by atoms with Gasteiger partial charge in [-0.1, -0.05) is 11.3 Å². The van der Waals surface area contributed by atoms with Gasteiger partial charge in [-0.2, -0.15) is 0 Å². The van der Waals surface area contributed by atoms with Crippen LogP contribution in [0.15, 0.2) is 18.2 Å². The smallest absolute Gasteiger partial charge is 0.184 e. The Morgan fingerprint density at radius 3 is 2.57 bits per heavy atom. The first-order valence-electron chi connectivity index (χ1n) is 9.68. The lowest BCUT2D eigenvalue weighted by atomic mass is 10.1. The van der Waals surface area contributed by atoms with Crippen LogP contribution in [-0.2, 0) is 0 Å². The van der Waals surface area contributed by atoms with Crippen LogP contribution in [0, 0.1) is 18.6 Å². The maximum Gasteiger partial charge on any atom is 0.184 e. The van der Waals surface area contributed by atoms with Crippen LogP contribution in [0.5, 0.6) is 0 Å². The van der Waals surface area contributed by atoms with E-state index >= 15 is 0 Å². The Bertz CT molecular complexity index is 1130. The molecule has 6 atom stereocenters. The zero-order valence-electron chi connectivity index (χ0n) is 15.9. The van der Waals surface area contributed by atoms with Gasteiger partial charge < -0.3 is 20.6 Å². The number of aryl methyl sites for hydroxylation is 1. The van der Waals surface area contributed by atoms with Gasteiger partial charge in [0.25, 0.3) is 0 Å². The van der Waals surface area contributed by atoms with Gasteiger partial charge in [-0.15, -0.1) is 5.10 Å². The average Bonchev–Trinajstić information content (AvgIpc) is 3.27. The Kier molecular flexibility index (Phi) is 4.42. The molecule has 2 aliphatic carbocycles. The minimum absolute atomic E-state index is 0.0161. The first-order chi connectivity index (χ1) is 14.3. The van der Waals surface area contributed by atoms with Crippen molar-refractivity contribution in [3.8, 4) is 0 Å². The van der Waals surface area contributed by atoms with Crippen LogP contribution in [-0.4, -0.2) is 64.6 Å². The number of benzene rings is 1. The van der Waals surface area contributed by atoms with E-state index in [0.717, 1.165) is 12.5 Å². The normalized spacial score (nSPS) is 30.7. The number of rotatable bonds is 4. The summed E-state index contributed by atoms with van der Waals surface area (Å²) in [5.74, 6) is -0.833. The summed E-state index contributed by atoms with van der Waals surface area (Å²) in [4.78, 5) is 8.77. The summed E-state index contributed by atoms with van der Waals surface area (Å²) in [5.41, 5.74) is 1.47. The molecule has 3 aromatic rings. The number of fused-ring (bicyclic) bond motifs is 1. The van der Waals surface area contributed by atoms with Crippen LogP contribution in [0.1, 0.15) is 36.2 Å². The first-order valence-corrected chi connectivity index (χ1v) is 9.68. The van der Waals surface area contributed by atoms with E-state index in [-0.39, 0.29) is 18.4 Å². The lowest BCUT2D eigenvalue weighted by molar-refractivity contribution is -0.0253.